The minimum absolute atomic E-state index is 0.287. The standard InChI is InChI=1S/C21H16Cl2N2O/c1-14(24-25-21(26)19-12-11-18(22)13-20(19)23)15-7-9-17(10-8-15)16-5-3-2-4-6-16/h2-13H,1H3,(H,25,26)/b24-14-. The number of halogens is 2. The van der Waals surface area contributed by atoms with Crippen molar-refractivity contribution in [1.29, 1.82) is 0 Å². The van der Waals surface area contributed by atoms with Crippen molar-refractivity contribution < 1.29 is 4.79 Å². The van der Waals surface area contributed by atoms with Gasteiger partial charge in [-0.05, 0) is 41.8 Å². The summed E-state index contributed by atoms with van der Waals surface area (Å²) in [4.78, 5) is 12.2. The molecule has 26 heavy (non-hydrogen) atoms. The summed E-state index contributed by atoms with van der Waals surface area (Å²) in [5, 5.41) is 4.93. The van der Waals surface area contributed by atoms with Gasteiger partial charge in [-0.3, -0.25) is 4.79 Å². The zero-order valence-electron chi connectivity index (χ0n) is 14.0. The third-order valence-electron chi connectivity index (χ3n) is 3.91. The van der Waals surface area contributed by atoms with Crippen LogP contribution in [0.3, 0.4) is 0 Å². The van der Waals surface area contributed by atoms with Gasteiger partial charge >= 0.3 is 0 Å². The molecule has 3 aromatic rings. The maximum Gasteiger partial charge on any atom is 0.272 e. The molecule has 0 unspecified atom stereocenters. The summed E-state index contributed by atoms with van der Waals surface area (Å²) in [5.74, 6) is -0.382. The van der Waals surface area contributed by atoms with Crippen LogP contribution in [0, 0.1) is 0 Å². The Balaban J connectivity index is 1.72. The molecule has 1 N–H and O–H groups in total. The summed E-state index contributed by atoms with van der Waals surface area (Å²) in [6.45, 7) is 1.83. The van der Waals surface area contributed by atoms with Crippen LogP contribution in [0.25, 0.3) is 11.1 Å². The van der Waals surface area contributed by atoms with Crippen LogP contribution < -0.4 is 5.43 Å². The number of carbonyl (C=O) groups is 1. The minimum atomic E-state index is -0.382. The molecule has 3 aromatic carbocycles. The highest BCUT2D eigenvalue weighted by Gasteiger charge is 2.10. The quantitative estimate of drug-likeness (QED) is 0.448. The van der Waals surface area contributed by atoms with Crippen molar-refractivity contribution in [3.05, 3.63) is 94.0 Å². The van der Waals surface area contributed by atoms with Gasteiger partial charge in [0, 0.05) is 5.02 Å². The Morgan fingerprint density at radius 3 is 2.19 bits per heavy atom. The molecule has 3 rings (SSSR count). The second kappa shape index (κ2) is 8.17. The second-order valence-corrected chi connectivity index (χ2v) is 6.55. The topological polar surface area (TPSA) is 41.5 Å². The van der Waals surface area contributed by atoms with E-state index in [1.165, 1.54) is 6.07 Å². The number of carbonyl (C=O) groups excluding carboxylic acids is 1. The largest absolute Gasteiger partial charge is 0.272 e. The molecular weight excluding hydrogens is 367 g/mol. The first-order valence-electron chi connectivity index (χ1n) is 8.00. The van der Waals surface area contributed by atoms with Crippen LogP contribution in [0.2, 0.25) is 10.0 Å². The van der Waals surface area contributed by atoms with Crippen molar-refractivity contribution in [2.45, 2.75) is 6.92 Å². The molecule has 0 saturated heterocycles. The van der Waals surface area contributed by atoms with Crippen molar-refractivity contribution in [2.24, 2.45) is 5.10 Å². The maximum atomic E-state index is 12.2. The molecule has 0 aliphatic rings. The number of benzene rings is 3. The third-order valence-corrected chi connectivity index (χ3v) is 4.46. The van der Waals surface area contributed by atoms with Crippen molar-refractivity contribution in [2.75, 3.05) is 0 Å². The first-order valence-corrected chi connectivity index (χ1v) is 8.76. The van der Waals surface area contributed by atoms with Crippen LogP contribution in [0.5, 0.6) is 0 Å². The van der Waals surface area contributed by atoms with E-state index in [1.807, 2.05) is 49.4 Å². The Morgan fingerprint density at radius 2 is 1.54 bits per heavy atom. The number of amides is 1. The highest BCUT2D eigenvalue weighted by atomic mass is 35.5. The van der Waals surface area contributed by atoms with E-state index in [4.69, 9.17) is 23.2 Å². The van der Waals surface area contributed by atoms with Crippen LogP contribution in [-0.2, 0) is 0 Å². The Bertz CT molecular complexity index is 952. The molecule has 0 radical (unpaired) electrons. The molecule has 0 bridgehead atoms. The smallest absolute Gasteiger partial charge is 0.267 e. The first-order chi connectivity index (χ1) is 12.5. The van der Waals surface area contributed by atoms with Crippen molar-refractivity contribution >= 4 is 34.8 Å². The number of rotatable bonds is 4. The molecule has 0 aliphatic carbocycles. The molecule has 3 nitrogen and oxygen atoms in total. The second-order valence-electron chi connectivity index (χ2n) is 5.71. The van der Waals surface area contributed by atoms with Crippen LogP contribution in [-0.4, -0.2) is 11.6 Å². The first kappa shape index (κ1) is 18.2. The van der Waals surface area contributed by atoms with Crippen LogP contribution >= 0.6 is 23.2 Å². The normalized spacial score (nSPS) is 11.3. The maximum absolute atomic E-state index is 12.2. The molecular formula is C21H16Cl2N2O. The highest BCUT2D eigenvalue weighted by Crippen LogP contribution is 2.21. The van der Waals surface area contributed by atoms with Gasteiger partial charge in [-0.2, -0.15) is 5.10 Å². The highest BCUT2D eigenvalue weighted by molar-refractivity contribution is 6.36. The molecule has 0 aromatic heterocycles. The Labute approximate surface area is 162 Å². The summed E-state index contributed by atoms with van der Waals surface area (Å²) in [6.07, 6.45) is 0. The van der Waals surface area contributed by atoms with Crippen molar-refractivity contribution in [3.63, 3.8) is 0 Å². The lowest BCUT2D eigenvalue weighted by Gasteiger charge is -2.06. The monoisotopic (exact) mass is 382 g/mol. The van der Waals surface area contributed by atoms with Crippen molar-refractivity contribution in [3.8, 4) is 11.1 Å². The fourth-order valence-corrected chi connectivity index (χ4v) is 2.96. The van der Waals surface area contributed by atoms with E-state index in [2.05, 4.69) is 22.7 Å². The molecule has 130 valence electrons. The van der Waals surface area contributed by atoms with Gasteiger partial charge < -0.3 is 0 Å². The SMILES string of the molecule is C/C(=N/NC(=O)c1ccc(Cl)cc1Cl)c1ccc(-c2ccccc2)cc1. The zero-order valence-corrected chi connectivity index (χ0v) is 15.6. The van der Waals surface area contributed by atoms with E-state index < -0.39 is 0 Å². The molecule has 1 amide bonds. The van der Waals surface area contributed by atoms with E-state index in [-0.39, 0.29) is 10.9 Å². The number of hydrazone groups is 1. The summed E-state index contributed by atoms with van der Waals surface area (Å²) in [6, 6.07) is 22.8. The molecule has 0 spiro atoms. The lowest BCUT2D eigenvalue weighted by molar-refractivity contribution is 0.0955. The van der Waals surface area contributed by atoms with E-state index in [0.717, 1.165) is 16.7 Å². The average molecular weight is 383 g/mol. The molecule has 0 atom stereocenters. The molecule has 0 aliphatic heterocycles. The fourth-order valence-electron chi connectivity index (χ4n) is 2.47. The van der Waals surface area contributed by atoms with Gasteiger partial charge in [-0.1, -0.05) is 77.8 Å². The number of nitrogens with one attached hydrogen (secondary N) is 1. The van der Waals surface area contributed by atoms with Gasteiger partial charge in [-0.25, -0.2) is 5.43 Å². The van der Waals surface area contributed by atoms with E-state index >= 15 is 0 Å². The van der Waals surface area contributed by atoms with Gasteiger partial charge in [0.15, 0.2) is 0 Å². The summed E-state index contributed by atoms with van der Waals surface area (Å²) in [7, 11) is 0. The van der Waals surface area contributed by atoms with E-state index in [0.29, 0.717) is 16.3 Å². The van der Waals surface area contributed by atoms with Crippen molar-refractivity contribution in [1.82, 2.24) is 5.43 Å². The zero-order chi connectivity index (χ0) is 18.5. The third kappa shape index (κ3) is 4.31. The summed E-state index contributed by atoms with van der Waals surface area (Å²) < 4.78 is 0. The van der Waals surface area contributed by atoms with Gasteiger partial charge in [0.25, 0.3) is 5.91 Å². The fraction of sp³-hybridized carbons (Fsp3) is 0.0476. The Hall–Kier alpha value is -2.62. The summed E-state index contributed by atoms with van der Waals surface area (Å²) >= 11 is 11.9. The van der Waals surface area contributed by atoms with E-state index in [9.17, 15) is 4.79 Å². The van der Waals surface area contributed by atoms with Crippen LogP contribution in [0.1, 0.15) is 22.8 Å². The Morgan fingerprint density at radius 1 is 0.885 bits per heavy atom. The minimum Gasteiger partial charge on any atom is -0.267 e. The number of nitrogens with zero attached hydrogens (tertiary/aromatic N) is 1. The average Bonchev–Trinajstić information content (AvgIpc) is 2.66. The molecule has 5 heteroatoms. The number of hydrogen-bond donors (Lipinski definition) is 1. The summed E-state index contributed by atoms with van der Waals surface area (Å²) in [5.41, 5.74) is 6.75. The lowest BCUT2D eigenvalue weighted by Crippen LogP contribution is -2.19. The lowest BCUT2D eigenvalue weighted by atomic mass is 10.0. The molecule has 0 saturated carbocycles. The van der Waals surface area contributed by atoms with Gasteiger partial charge in [-0.15, -0.1) is 0 Å². The predicted octanol–water partition coefficient (Wildman–Crippen LogP) is 5.81. The van der Waals surface area contributed by atoms with E-state index in [1.54, 1.807) is 12.1 Å². The van der Waals surface area contributed by atoms with Crippen LogP contribution in [0.4, 0.5) is 0 Å². The predicted molar refractivity (Wildman–Crippen MR) is 108 cm³/mol. The van der Waals surface area contributed by atoms with Gasteiger partial charge in [0.05, 0.1) is 16.3 Å². The van der Waals surface area contributed by atoms with Gasteiger partial charge in [0.2, 0.25) is 0 Å². The van der Waals surface area contributed by atoms with Gasteiger partial charge in [0.1, 0.15) is 0 Å². The Kier molecular flexibility index (Phi) is 5.71. The molecule has 0 fully saturated rings. The number of hydrogen-bond acceptors (Lipinski definition) is 2. The van der Waals surface area contributed by atoms with Crippen LogP contribution in [0.15, 0.2) is 77.9 Å². The molecule has 0 heterocycles.